The Morgan fingerprint density at radius 3 is 2.44 bits per heavy atom. The molecule has 210 valence electrons. The van der Waals surface area contributed by atoms with E-state index in [-0.39, 0.29) is 17.2 Å². The lowest BCUT2D eigenvalue weighted by molar-refractivity contribution is -0.184. The quantitative estimate of drug-likeness (QED) is 0.381. The van der Waals surface area contributed by atoms with Gasteiger partial charge >= 0.3 is 5.97 Å². The highest BCUT2D eigenvalue weighted by atomic mass is 35.5. The number of hydrogen-bond acceptors (Lipinski definition) is 5. The fourth-order valence-corrected chi connectivity index (χ4v) is 8.66. The average Bonchev–Trinajstić information content (AvgIpc) is 3.52. The van der Waals surface area contributed by atoms with Gasteiger partial charge in [-0.25, -0.2) is 4.79 Å². The number of fused-ring (bicyclic) bond motifs is 2. The fraction of sp³-hybridized carbons (Fsp3) is 0.606. The van der Waals surface area contributed by atoms with Crippen molar-refractivity contribution in [3.05, 3.63) is 64.7 Å². The molecule has 3 aliphatic carbocycles. The minimum Gasteiger partial charge on any atom is -0.467 e. The molecule has 2 saturated carbocycles. The van der Waals surface area contributed by atoms with E-state index >= 15 is 0 Å². The lowest BCUT2D eigenvalue weighted by atomic mass is 9.59. The summed E-state index contributed by atoms with van der Waals surface area (Å²) in [7, 11) is 1.50. The number of benzene rings is 2. The van der Waals surface area contributed by atoms with Crippen LogP contribution in [0.3, 0.4) is 0 Å². The molecule has 0 bridgehead atoms. The molecule has 5 nitrogen and oxygen atoms in total. The summed E-state index contributed by atoms with van der Waals surface area (Å²) in [5.41, 5.74) is 3.24. The lowest BCUT2D eigenvalue weighted by Crippen LogP contribution is -2.53. The van der Waals surface area contributed by atoms with Gasteiger partial charge < -0.3 is 19.5 Å². The van der Waals surface area contributed by atoms with E-state index in [1.807, 2.05) is 24.3 Å². The largest absolute Gasteiger partial charge is 0.467 e. The van der Waals surface area contributed by atoms with Gasteiger partial charge in [0.1, 0.15) is 5.54 Å². The van der Waals surface area contributed by atoms with Crippen LogP contribution in [0.2, 0.25) is 5.02 Å². The molecule has 2 spiro atoms. The predicted molar refractivity (Wildman–Crippen MR) is 154 cm³/mol. The smallest absolute Gasteiger partial charge is 0.331 e. The molecule has 2 unspecified atom stereocenters. The number of nitrogens with one attached hydrogen (secondary N) is 1. The van der Waals surface area contributed by atoms with Crippen molar-refractivity contribution in [1.29, 1.82) is 0 Å². The monoisotopic (exact) mass is 551 g/mol. The summed E-state index contributed by atoms with van der Waals surface area (Å²) in [4.78, 5) is 13.3. The molecule has 6 rings (SSSR count). The van der Waals surface area contributed by atoms with Gasteiger partial charge in [-0.3, -0.25) is 0 Å². The van der Waals surface area contributed by atoms with E-state index in [0.717, 1.165) is 63.8 Å². The number of methoxy groups -OCH3 is 1. The van der Waals surface area contributed by atoms with Crippen molar-refractivity contribution in [2.75, 3.05) is 25.6 Å². The minimum absolute atomic E-state index is 0.103. The third-order valence-corrected chi connectivity index (χ3v) is 10.9. The number of esters is 1. The van der Waals surface area contributed by atoms with Crippen molar-refractivity contribution in [3.8, 4) is 0 Å². The number of carbonyl (C=O) groups excluding carboxylic acids is 1. The molecule has 6 heteroatoms. The Morgan fingerprint density at radius 2 is 1.74 bits per heavy atom. The van der Waals surface area contributed by atoms with Crippen molar-refractivity contribution >= 4 is 23.3 Å². The zero-order valence-electron chi connectivity index (χ0n) is 23.3. The van der Waals surface area contributed by atoms with Crippen LogP contribution in [0.4, 0.5) is 5.69 Å². The Balaban J connectivity index is 1.21. The van der Waals surface area contributed by atoms with Crippen LogP contribution in [-0.4, -0.2) is 37.6 Å². The van der Waals surface area contributed by atoms with Gasteiger partial charge in [0, 0.05) is 23.6 Å². The Labute approximate surface area is 237 Å². The third kappa shape index (κ3) is 5.00. The second-order valence-corrected chi connectivity index (χ2v) is 13.0. The van der Waals surface area contributed by atoms with E-state index < -0.39 is 5.54 Å². The van der Waals surface area contributed by atoms with Crippen LogP contribution in [0, 0.1) is 17.8 Å². The maximum atomic E-state index is 13.3. The summed E-state index contributed by atoms with van der Waals surface area (Å²) in [5.74, 6) is 1.48. The summed E-state index contributed by atoms with van der Waals surface area (Å²) in [6.07, 6.45) is 10.2. The molecule has 1 N–H and O–H groups in total. The van der Waals surface area contributed by atoms with E-state index in [1.165, 1.54) is 37.5 Å². The normalized spacial score (nSPS) is 28.3. The predicted octanol–water partition coefficient (Wildman–Crippen LogP) is 7.31. The average molecular weight is 552 g/mol. The van der Waals surface area contributed by atoms with Crippen molar-refractivity contribution in [3.63, 3.8) is 0 Å². The van der Waals surface area contributed by atoms with Crippen molar-refractivity contribution < 1.29 is 19.0 Å². The standard InChI is InChI=1S/C33H42ClNO4/c1-23(24-10-12-33(13-11-24)38-18-19-39-33)20-26-21-25-6-3-4-9-29(25)31(26)14-16-32(17-15-31,30(36)37-2)35-28-8-5-7-27(34)22-28/h3-9,22-24,26,35H,10-21H2,1-2H3. The molecular weight excluding hydrogens is 510 g/mol. The first-order chi connectivity index (χ1) is 18.9. The number of carbonyl (C=O) groups is 1. The summed E-state index contributed by atoms with van der Waals surface area (Å²) < 4.78 is 17.4. The molecule has 0 amide bonds. The summed E-state index contributed by atoms with van der Waals surface area (Å²) in [5, 5.41) is 4.22. The maximum absolute atomic E-state index is 13.3. The number of anilines is 1. The molecular formula is C33H42ClNO4. The van der Waals surface area contributed by atoms with Crippen LogP contribution in [0.15, 0.2) is 48.5 Å². The second kappa shape index (κ2) is 10.7. The SMILES string of the molecule is COC(=O)C1(Nc2cccc(Cl)c2)CCC2(CC1)c1ccccc1CC2CC(C)C1CCC2(CC1)OCCO2. The topological polar surface area (TPSA) is 56.8 Å². The van der Waals surface area contributed by atoms with Crippen molar-refractivity contribution in [2.45, 2.75) is 87.9 Å². The number of hydrogen-bond donors (Lipinski definition) is 1. The fourth-order valence-electron chi connectivity index (χ4n) is 8.47. The number of rotatable bonds is 6. The van der Waals surface area contributed by atoms with Crippen molar-refractivity contribution in [1.82, 2.24) is 0 Å². The van der Waals surface area contributed by atoms with Gasteiger partial charge in [0.05, 0.1) is 20.3 Å². The van der Waals surface area contributed by atoms with E-state index in [2.05, 4.69) is 36.5 Å². The van der Waals surface area contributed by atoms with Gasteiger partial charge in [-0.2, -0.15) is 0 Å². The maximum Gasteiger partial charge on any atom is 0.331 e. The molecule has 3 fully saturated rings. The van der Waals surface area contributed by atoms with Gasteiger partial charge in [-0.1, -0.05) is 48.9 Å². The first-order valence-electron chi connectivity index (χ1n) is 14.9. The molecule has 0 aromatic heterocycles. The van der Waals surface area contributed by atoms with Gasteiger partial charge in [-0.05, 0) is 104 Å². The van der Waals surface area contributed by atoms with Crippen LogP contribution >= 0.6 is 11.6 Å². The molecule has 2 aromatic carbocycles. The van der Waals surface area contributed by atoms with Gasteiger partial charge in [0.15, 0.2) is 5.79 Å². The highest BCUT2D eigenvalue weighted by Gasteiger charge is 2.54. The zero-order chi connectivity index (χ0) is 27.1. The first-order valence-corrected chi connectivity index (χ1v) is 15.2. The van der Waals surface area contributed by atoms with Crippen LogP contribution in [0.5, 0.6) is 0 Å². The highest BCUT2D eigenvalue weighted by molar-refractivity contribution is 6.30. The summed E-state index contributed by atoms with van der Waals surface area (Å²) in [6.45, 7) is 3.95. The van der Waals surface area contributed by atoms with Crippen LogP contribution in [0.1, 0.15) is 75.8 Å². The summed E-state index contributed by atoms with van der Waals surface area (Å²) >= 11 is 6.27. The Morgan fingerprint density at radius 1 is 1.03 bits per heavy atom. The van der Waals surface area contributed by atoms with E-state index in [4.69, 9.17) is 25.8 Å². The van der Waals surface area contributed by atoms with Crippen LogP contribution < -0.4 is 5.32 Å². The van der Waals surface area contributed by atoms with Gasteiger partial charge in [0.2, 0.25) is 0 Å². The van der Waals surface area contributed by atoms with Crippen LogP contribution in [0.25, 0.3) is 0 Å². The minimum atomic E-state index is -0.739. The molecule has 4 aliphatic rings. The molecule has 2 atom stereocenters. The molecule has 39 heavy (non-hydrogen) atoms. The lowest BCUT2D eigenvalue weighted by Gasteiger charge is -2.48. The zero-order valence-corrected chi connectivity index (χ0v) is 24.1. The molecule has 1 aliphatic heterocycles. The number of halogens is 1. The molecule has 0 radical (unpaired) electrons. The highest BCUT2D eigenvalue weighted by Crippen LogP contribution is 2.57. The number of ether oxygens (including phenoxy) is 3. The van der Waals surface area contributed by atoms with E-state index in [9.17, 15) is 4.79 Å². The Kier molecular flexibility index (Phi) is 7.45. The summed E-state index contributed by atoms with van der Waals surface area (Å²) in [6, 6.07) is 16.7. The van der Waals surface area contributed by atoms with Gasteiger partial charge in [0.25, 0.3) is 0 Å². The Bertz CT molecular complexity index is 1170. The first kappa shape index (κ1) is 27.1. The third-order valence-electron chi connectivity index (χ3n) is 10.6. The van der Waals surface area contributed by atoms with Gasteiger partial charge in [-0.15, -0.1) is 0 Å². The molecule has 2 aromatic rings. The van der Waals surface area contributed by atoms with Crippen LogP contribution in [-0.2, 0) is 30.8 Å². The Hall–Kier alpha value is -2.08. The van der Waals surface area contributed by atoms with Crippen molar-refractivity contribution in [2.24, 2.45) is 17.8 Å². The molecule has 1 heterocycles. The van der Waals surface area contributed by atoms with E-state index in [0.29, 0.717) is 22.8 Å². The second-order valence-electron chi connectivity index (χ2n) is 12.6. The van der Waals surface area contributed by atoms with E-state index in [1.54, 1.807) is 0 Å². The molecule has 1 saturated heterocycles.